The van der Waals surface area contributed by atoms with Crippen LogP contribution in [-0.4, -0.2) is 0 Å². The van der Waals surface area contributed by atoms with Crippen LogP contribution < -0.4 is 4.90 Å². The van der Waals surface area contributed by atoms with Gasteiger partial charge in [-0.05, 0) is 121 Å². The molecule has 13 rings (SSSR count). The van der Waals surface area contributed by atoms with E-state index in [1.165, 1.54) is 37.9 Å². The van der Waals surface area contributed by atoms with E-state index in [1.54, 1.807) is 0 Å². The van der Waals surface area contributed by atoms with Crippen molar-refractivity contribution in [2.75, 3.05) is 4.90 Å². The summed E-state index contributed by atoms with van der Waals surface area (Å²) in [7, 11) is 0. The van der Waals surface area contributed by atoms with Gasteiger partial charge in [-0.25, -0.2) is 0 Å². The van der Waals surface area contributed by atoms with Crippen molar-refractivity contribution < 1.29 is 8.83 Å². The summed E-state index contributed by atoms with van der Waals surface area (Å²) >= 11 is 0. The van der Waals surface area contributed by atoms with Gasteiger partial charge in [0.2, 0.25) is 0 Å². The third kappa shape index (κ3) is 5.31. The number of hydrogen-bond acceptors (Lipinski definition) is 3. The first-order valence-corrected chi connectivity index (χ1v) is 20.8. The van der Waals surface area contributed by atoms with Gasteiger partial charge in [-0.2, -0.15) is 0 Å². The van der Waals surface area contributed by atoms with Gasteiger partial charge in [-0.3, -0.25) is 0 Å². The molecule has 0 unspecified atom stereocenters. The molecule has 13 aromatic rings. The zero-order chi connectivity index (χ0) is 40.0. The van der Waals surface area contributed by atoms with Crippen LogP contribution in [0.2, 0.25) is 0 Å². The van der Waals surface area contributed by atoms with Crippen LogP contribution in [0.25, 0.3) is 109 Å². The Labute approximate surface area is 350 Å². The highest BCUT2D eigenvalue weighted by molar-refractivity contribution is 6.20. The highest BCUT2D eigenvalue weighted by Crippen LogP contribution is 2.48. The Kier molecular flexibility index (Phi) is 7.31. The Balaban J connectivity index is 1.01. The summed E-state index contributed by atoms with van der Waals surface area (Å²) in [5, 5.41) is 14.0. The van der Waals surface area contributed by atoms with Gasteiger partial charge < -0.3 is 13.7 Å². The molecule has 0 fully saturated rings. The average Bonchev–Trinajstić information content (AvgIpc) is 3.89. The highest BCUT2D eigenvalue weighted by Gasteiger charge is 2.23. The molecule has 2 aromatic heterocycles. The van der Waals surface area contributed by atoms with E-state index in [4.69, 9.17) is 8.83 Å². The lowest BCUT2D eigenvalue weighted by atomic mass is 9.96. The molecule has 3 heteroatoms. The van der Waals surface area contributed by atoms with E-state index in [1.807, 2.05) is 0 Å². The van der Waals surface area contributed by atoms with Gasteiger partial charge in [0.05, 0.1) is 16.8 Å². The largest absolute Gasteiger partial charge is 0.456 e. The minimum absolute atomic E-state index is 0.852. The molecular formula is C58H35NO2. The maximum Gasteiger partial charge on any atom is 0.143 e. The van der Waals surface area contributed by atoms with E-state index in [-0.39, 0.29) is 0 Å². The van der Waals surface area contributed by atoms with Gasteiger partial charge in [0, 0.05) is 32.8 Å². The predicted molar refractivity (Wildman–Crippen MR) is 257 cm³/mol. The van der Waals surface area contributed by atoms with Crippen molar-refractivity contribution in [3.05, 3.63) is 212 Å². The van der Waals surface area contributed by atoms with Crippen LogP contribution in [0, 0.1) is 0 Å². The fourth-order valence-corrected chi connectivity index (χ4v) is 9.67. The number of fused-ring (bicyclic) bond motifs is 12. The maximum absolute atomic E-state index is 6.76. The SMILES string of the molecule is c1ccc(N(c2ccc(-c3ccc4c(ccc5ccccc54)c3)cc2)c2cccc3oc4c5ccccc5ccc4c23)c(-c2ccc3oc4cc5ccccc5cc4c3c2)c1. The number of hydrogen-bond donors (Lipinski definition) is 0. The smallest absolute Gasteiger partial charge is 0.143 e. The summed E-state index contributed by atoms with van der Waals surface area (Å²) in [6.45, 7) is 0. The summed E-state index contributed by atoms with van der Waals surface area (Å²) in [6, 6.07) is 76.4. The van der Waals surface area contributed by atoms with Crippen LogP contribution in [0.5, 0.6) is 0 Å². The molecule has 0 atom stereocenters. The van der Waals surface area contributed by atoms with Crippen LogP contribution in [-0.2, 0) is 0 Å². The standard InChI is InChI=1S/C58H35NO2/c1-2-13-40-35-56-51(33-39(40)12-1)50-34-43(26-31-54(50)60-56)47-15-7-8-17-52(47)59(53-18-9-19-55-57(53)49-30-24-38-11-4-6-16-48(38)58(49)61-55)44-27-22-36(23-28-44)41-25-29-46-42(32-41)21-20-37-10-3-5-14-45(37)46/h1-35H. The Bertz CT molecular complexity index is 3890. The van der Waals surface area contributed by atoms with Crippen molar-refractivity contribution in [3.63, 3.8) is 0 Å². The van der Waals surface area contributed by atoms with Crippen molar-refractivity contribution >= 4 is 104 Å². The van der Waals surface area contributed by atoms with Gasteiger partial charge in [0.25, 0.3) is 0 Å². The average molecular weight is 778 g/mol. The van der Waals surface area contributed by atoms with Crippen LogP contribution in [0.1, 0.15) is 0 Å². The zero-order valence-electron chi connectivity index (χ0n) is 33.0. The van der Waals surface area contributed by atoms with Crippen LogP contribution in [0.4, 0.5) is 17.1 Å². The number of rotatable bonds is 5. The third-order valence-corrected chi connectivity index (χ3v) is 12.6. The molecule has 0 amide bonds. The summed E-state index contributed by atoms with van der Waals surface area (Å²) in [5.41, 5.74) is 11.3. The molecule has 11 aromatic carbocycles. The fourth-order valence-electron chi connectivity index (χ4n) is 9.67. The van der Waals surface area contributed by atoms with Crippen molar-refractivity contribution in [2.45, 2.75) is 0 Å². The summed E-state index contributed by atoms with van der Waals surface area (Å²) in [6.07, 6.45) is 0. The van der Waals surface area contributed by atoms with Gasteiger partial charge in [-0.1, -0.05) is 146 Å². The Hall–Kier alpha value is -8.14. The number of furan rings is 2. The molecule has 0 saturated carbocycles. The fraction of sp³-hybridized carbons (Fsp3) is 0. The Morgan fingerprint density at radius 2 is 0.918 bits per heavy atom. The lowest BCUT2D eigenvalue weighted by Gasteiger charge is -2.28. The minimum Gasteiger partial charge on any atom is -0.456 e. The molecule has 0 aliphatic heterocycles. The van der Waals surface area contributed by atoms with Crippen LogP contribution in [0.15, 0.2) is 221 Å². The quantitative estimate of drug-likeness (QED) is 0.163. The second kappa shape index (κ2) is 13.2. The molecule has 0 bridgehead atoms. The van der Waals surface area contributed by atoms with E-state index >= 15 is 0 Å². The molecule has 0 saturated heterocycles. The second-order valence-electron chi connectivity index (χ2n) is 16.0. The first kappa shape index (κ1) is 33.8. The van der Waals surface area contributed by atoms with Gasteiger partial charge >= 0.3 is 0 Å². The molecule has 2 heterocycles. The molecule has 284 valence electrons. The van der Waals surface area contributed by atoms with Crippen molar-refractivity contribution in [3.8, 4) is 22.3 Å². The van der Waals surface area contributed by atoms with Crippen LogP contribution in [0.3, 0.4) is 0 Å². The summed E-state index contributed by atoms with van der Waals surface area (Å²) < 4.78 is 13.2. The molecule has 0 aliphatic carbocycles. The van der Waals surface area contributed by atoms with E-state index in [0.717, 1.165) is 88.4 Å². The molecule has 0 radical (unpaired) electrons. The Morgan fingerprint density at radius 3 is 1.79 bits per heavy atom. The van der Waals surface area contributed by atoms with Gasteiger partial charge in [-0.15, -0.1) is 0 Å². The lowest BCUT2D eigenvalue weighted by molar-refractivity contribution is 0.669. The van der Waals surface area contributed by atoms with E-state index in [2.05, 4.69) is 217 Å². The number of para-hydroxylation sites is 1. The molecule has 61 heavy (non-hydrogen) atoms. The monoisotopic (exact) mass is 777 g/mol. The summed E-state index contributed by atoms with van der Waals surface area (Å²) in [5.74, 6) is 0. The normalized spacial score (nSPS) is 11.9. The first-order chi connectivity index (χ1) is 30.2. The van der Waals surface area contributed by atoms with Crippen LogP contribution >= 0.6 is 0 Å². The molecular weight excluding hydrogens is 743 g/mol. The molecule has 0 spiro atoms. The van der Waals surface area contributed by atoms with Crippen molar-refractivity contribution in [1.29, 1.82) is 0 Å². The summed E-state index contributed by atoms with van der Waals surface area (Å²) in [4.78, 5) is 2.41. The highest BCUT2D eigenvalue weighted by atomic mass is 16.3. The Morgan fingerprint density at radius 1 is 0.295 bits per heavy atom. The van der Waals surface area contributed by atoms with Gasteiger partial charge in [0.15, 0.2) is 0 Å². The van der Waals surface area contributed by atoms with Crippen molar-refractivity contribution in [1.82, 2.24) is 0 Å². The van der Waals surface area contributed by atoms with E-state index < -0.39 is 0 Å². The predicted octanol–water partition coefficient (Wildman–Crippen LogP) is 16.9. The van der Waals surface area contributed by atoms with Gasteiger partial charge in [0.1, 0.15) is 22.3 Å². The third-order valence-electron chi connectivity index (χ3n) is 12.6. The maximum atomic E-state index is 6.76. The molecule has 0 aliphatic rings. The lowest BCUT2D eigenvalue weighted by Crippen LogP contribution is -2.11. The number of benzene rings is 11. The van der Waals surface area contributed by atoms with Crippen molar-refractivity contribution in [2.24, 2.45) is 0 Å². The number of anilines is 3. The van der Waals surface area contributed by atoms with E-state index in [9.17, 15) is 0 Å². The molecule has 3 nitrogen and oxygen atoms in total. The molecule has 0 N–H and O–H groups in total. The van der Waals surface area contributed by atoms with E-state index in [0.29, 0.717) is 0 Å². The topological polar surface area (TPSA) is 29.5 Å². The second-order valence-corrected chi connectivity index (χ2v) is 16.0. The minimum atomic E-state index is 0.852. The zero-order valence-corrected chi connectivity index (χ0v) is 33.0. The number of nitrogens with zero attached hydrogens (tertiary/aromatic N) is 1. The first-order valence-electron chi connectivity index (χ1n) is 20.8.